The standard InChI is InChI=1S/C22H23N3O3/c1-14-17(22(28)25(23-14)16-11-7-4-8-12-16)18-20(26)19(21(18)27)24(2)13-15-9-5-3-6-10-15/h3-12,18-21,23H,13H2,1-2H3/q-2. The van der Waals surface area contributed by atoms with Crippen molar-refractivity contribution in [3.8, 4) is 5.69 Å². The molecule has 0 aliphatic heterocycles. The Labute approximate surface area is 163 Å². The summed E-state index contributed by atoms with van der Waals surface area (Å²) in [6.45, 7) is 2.28. The van der Waals surface area contributed by atoms with Gasteiger partial charge in [0, 0.05) is 17.8 Å². The first-order valence-electron chi connectivity index (χ1n) is 9.41. The van der Waals surface area contributed by atoms with Crippen molar-refractivity contribution in [2.45, 2.75) is 37.6 Å². The Hall–Kier alpha value is -2.67. The van der Waals surface area contributed by atoms with Crippen LogP contribution in [0.5, 0.6) is 0 Å². The van der Waals surface area contributed by atoms with E-state index < -0.39 is 24.2 Å². The summed E-state index contributed by atoms with van der Waals surface area (Å²) in [6.07, 6.45) is -2.25. The van der Waals surface area contributed by atoms with Gasteiger partial charge in [0.2, 0.25) is 0 Å². The van der Waals surface area contributed by atoms with E-state index in [0.717, 1.165) is 5.56 Å². The minimum absolute atomic E-state index is 0.306. The van der Waals surface area contributed by atoms with Gasteiger partial charge in [0.25, 0.3) is 5.56 Å². The largest absolute Gasteiger partial charge is 0.850 e. The fourth-order valence-electron chi connectivity index (χ4n) is 4.17. The lowest BCUT2D eigenvalue weighted by Crippen LogP contribution is -2.74. The minimum atomic E-state index is -1.12. The number of likely N-dealkylation sites (N-methyl/N-ethyl adjacent to an activating group) is 1. The number of aromatic nitrogens is 2. The third-order valence-corrected chi connectivity index (χ3v) is 5.63. The molecule has 146 valence electrons. The minimum Gasteiger partial charge on any atom is -0.850 e. The molecule has 0 bridgehead atoms. The van der Waals surface area contributed by atoms with Crippen LogP contribution in [0.2, 0.25) is 0 Å². The average Bonchev–Trinajstić information content (AvgIpc) is 2.98. The van der Waals surface area contributed by atoms with Crippen molar-refractivity contribution in [3.05, 3.63) is 87.8 Å². The molecule has 2 atom stereocenters. The second kappa shape index (κ2) is 7.39. The van der Waals surface area contributed by atoms with Gasteiger partial charge in [0.1, 0.15) is 0 Å². The monoisotopic (exact) mass is 377 g/mol. The van der Waals surface area contributed by atoms with Gasteiger partial charge in [-0.2, -0.15) is 0 Å². The van der Waals surface area contributed by atoms with Crippen LogP contribution in [-0.2, 0) is 6.54 Å². The molecule has 6 heteroatoms. The van der Waals surface area contributed by atoms with Crippen LogP contribution in [-0.4, -0.2) is 40.0 Å². The molecular formula is C22H23N3O3-2. The van der Waals surface area contributed by atoms with Gasteiger partial charge in [0.05, 0.1) is 5.69 Å². The molecule has 1 fully saturated rings. The van der Waals surface area contributed by atoms with Gasteiger partial charge < -0.3 is 15.1 Å². The van der Waals surface area contributed by atoms with Gasteiger partial charge in [0.15, 0.2) is 0 Å². The molecule has 0 amide bonds. The Balaban J connectivity index is 1.57. The predicted molar refractivity (Wildman–Crippen MR) is 103 cm³/mol. The smallest absolute Gasteiger partial charge is 0.274 e. The Bertz CT molecular complexity index is 987. The second-order valence-corrected chi connectivity index (χ2v) is 7.47. The number of nitrogens with one attached hydrogen (secondary N) is 1. The summed E-state index contributed by atoms with van der Waals surface area (Å²) in [5, 5.41) is 28.9. The Morgan fingerprint density at radius 3 is 2.18 bits per heavy atom. The van der Waals surface area contributed by atoms with E-state index in [-0.39, 0.29) is 5.56 Å². The SMILES string of the molecule is Cc1[nH]n(-c2ccccc2)c(=O)c1C1C([O-])C(N(C)Cc2ccccc2)C1[O-]. The Kier molecular flexibility index (Phi) is 4.93. The first kappa shape index (κ1) is 18.7. The highest BCUT2D eigenvalue weighted by Gasteiger charge is 2.42. The van der Waals surface area contributed by atoms with E-state index in [4.69, 9.17) is 0 Å². The fourth-order valence-corrected chi connectivity index (χ4v) is 4.17. The summed E-state index contributed by atoms with van der Waals surface area (Å²) in [5.74, 6) is -0.822. The molecule has 0 spiro atoms. The molecule has 1 aliphatic carbocycles. The van der Waals surface area contributed by atoms with E-state index in [1.165, 1.54) is 4.68 Å². The molecule has 4 rings (SSSR count). The zero-order chi connectivity index (χ0) is 19.8. The number of rotatable bonds is 5. The molecule has 0 saturated heterocycles. The molecule has 1 heterocycles. The van der Waals surface area contributed by atoms with Crippen molar-refractivity contribution in [1.82, 2.24) is 14.7 Å². The molecule has 1 saturated carbocycles. The fraction of sp³-hybridized carbons (Fsp3) is 0.318. The number of hydrogen-bond acceptors (Lipinski definition) is 4. The molecule has 1 N–H and O–H groups in total. The van der Waals surface area contributed by atoms with Crippen molar-refractivity contribution < 1.29 is 10.2 Å². The van der Waals surface area contributed by atoms with Gasteiger partial charge in [-0.05, 0) is 43.6 Å². The van der Waals surface area contributed by atoms with E-state index in [2.05, 4.69) is 5.10 Å². The van der Waals surface area contributed by atoms with Gasteiger partial charge in [-0.1, -0.05) is 48.5 Å². The number of aryl methyl sites for hydroxylation is 1. The third kappa shape index (κ3) is 3.09. The molecule has 28 heavy (non-hydrogen) atoms. The Morgan fingerprint density at radius 2 is 1.57 bits per heavy atom. The van der Waals surface area contributed by atoms with E-state index in [9.17, 15) is 15.0 Å². The van der Waals surface area contributed by atoms with Gasteiger partial charge in [-0.3, -0.25) is 9.89 Å². The van der Waals surface area contributed by atoms with Crippen LogP contribution in [0.1, 0.15) is 22.7 Å². The van der Waals surface area contributed by atoms with Gasteiger partial charge in [-0.25, -0.2) is 4.68 Å². The van der Waals surface area contributed by atoms with E-state index >= 15 is 0 Å². The van der Waals surface area contributed by atoms with Crippen LogP contribution in [0.4, 0.5) is 0 Å². The topological polar surface area (TPSA) is 87.1 Å². The number of para-hydroxylation sites is 1. The first-order valence-corrected chi connectivity index (χ1v) is 9.41. The summed E-state index contributed by atoms with van der Waals surface area (Å²) in [4.78, 5) is 14.7. The summed E-state index contributed by atoms with van der Waals surface area (Å²) in [5.41, 5.74) is 2.35. The predicted octanol–water partition coefficient (Wildman–Crippen LogP) is 0.530. The van der Waals surface area contributed by atoms with Crippen LogP contribution in [0.25, 0.3) is 5.69 Å². The van der Waals surface area contributed by atoms with Crippen LogP contribution >= 0.6 is 0 Å². The Morgan fingerprint density at radius 1 is 1.00 bits per heavy atom. The normalized spacial score (nSPS) is 24.3. The second-order valence-electron chi connectivity index (χ2n) is 7.47. The van der Waals surface area contributed by atoms with Crippen LogP contribution < -0.4 is 15.8 Å². The molecule has 1 aliphatic rings. The summed E-state index contributed by atoms with van der Waals surface area (Å²) in [7, 11) is 1.80. The number of benzene rings is 2. The molecule has 1 aromatic heterocycles. The van der Waals surface area contributed by atoms with Crippen LogP contribution in [0.15, 0.2) is 65.5 Å². The molecule has 0 radical (unpaired) electrons. The first-order chi connectivity index (χ1) is 13.5. The van der Waals surface area contributed by atoms with Gasteiger partial charge >= 0.3 is 0 Å². The average molecular weight is 377 g/mol. The van der Waals surface area contributed by atoms with E-state index in [1.54, 1.807) is 14.0 Å². The van der Waals surface area contributed by atoms with Crippen LogP contribution in [0, 0.1) is 6.92 Å². The highest BCUT2D eigenvalue weighted by Crippen LogP contribution is 2.37. The summed E-state index contributed by atoms with van der Waals surface area (Å²) >= 11 is 0. The number of nitrogens with zero attached hydrogens (tertiary/aromatic N) is 2. The highest BCUT2D eigenvalue weighted by atomic mass is 16.3. The molecule has 2 aromatic carbocycles. The van der Waals surface area contributed by atoms with Crippen molar-refractivity contribution >= 4 is 0 Å². The maximum absolute atomic E-state index is 12.9. The van der Waals surface area contributed by atoms with Crippen molar-refractivity contribution in [3.63, 3.8) is 0 Å². The number of H-pyrrole nitrogens is 1. The lowest BCUT2D eigenvalue weighted by atomic mass is 9.69. The van der Waals surface area contributed by atoms with Gasteiger partial charge in [-0.15, -0.1) is 12.2 Å². The lowest BCUT2D eigenvalue weighted by molar-refractivity contribution is -0.544. The zero-order valence-corrected chi connectivity index (χ0v) is 15.9. The maximum Gasteiger partial charge on any atom is 0.274 e. The lowest BCUT2D eigenvalue weighted by Gasteiger charge is -2.63. The molecule has 6 nitrogen and oxygen atoms in total. The molecule has 2 unspecified atom stereocenters. The zero-order valence-electron chi connectivity index (χ0n) is 15.9. The summed E-state index contributed by atoms with van der Waals surface area (Å²) in [6, 6.07) is 18.3. The van der Waals surface area contributed by atoms with Crippen LogP contribution in [0.3, 0.4) is 0 Å². The van der Waals surface area contributed by atoms with Crippen molar-refractivity contribution in [2.75, 3.05) is 7.05 Å². The van der Waals surface area contributed by atoms with E-state index in [0.29, 0.717) is 23.5 Å². The summed E-state index contributed by atoms with van der Waals surface area (Å²) < 4.78 is 1.41. The number of hydrogen-bond donors (Lipinski definition) is 1. The quantitative estimate of drug-likeness (QED) is 0.703. The van der Waals surface area contributed by atoms with Crippen molar-refractivity contribution in [1.29, 1.82) is 0 Å². The number of aromatic amines is 1. The third-order valence-electron chi connectivity index (χ3n) is 5.63. The van der Waals surface area contributed by atoms with Crippen molar-refractivity contribution in [2.24, 2.45) is 0 Å². The van der Waals surface area contributed by atoms with E-state index in [1.807, 2.05) is 65.6 Å². The maximum atomic E-state index is 12.9. The highest BCUT2D eigenvalue weighted by molar-refractivity contribution is 5.36. The molecule has 3 aromatic rings. The molecular weight excluding hydrogens is 354 g/mol.